The Hall–Kier alpha value is -2.87. The van der Waals surface area contributed by atoms with Gasteiger partial charge in [0.25, 0.3) is 5.91 Å². The van der Waals surface area contributed by atoms with E-state index in [1.165, 1.54) is 12.1 Å². The van der Waals surface area contributed by atoms with Gasteiger partial charge in [-0.25, -0.2) is 4.79 Å². The van der Waals surface area contributed by atoms with E-state index < -0.39 is 34.8 Å². The van der Waals surface area contributed by atoms with Gasteiger partial charge < -0.3 is 14.5 Å². The molecule has 2 fully saturated rings. The number of ether oxygens (including phenoxy) is 1. The van der Waals surface area contributed by atoms with E-state index >= 15 is 0 Å². The van der Waals surface area contributed by atoms with Gasteiger partial charge in [-0.3, -0.25) is 9.69 Å². The van der Waals surface area contributed by atoms with E-state index in [1.54, 1.807) is 30.6 Å². The highest BCUT2D eigenvalue weighted by molar-refractivity contribution is 7.80. The van der Waals surface area contributed by atoms with Crippen molar-refractivity contribution < 1.29 is 27.5 Å². The molecule has 0 aromatic heterocycles. The van der Waals surface area contributed by atoms with Gasteiger partial charge in [-0.2, -0.15) is 18.4 Å². The number of nitriles is 1. The Morgan fingerprint density at radius 2 is 1.94 bits per heavy atom. The van der Waals surface area contributed by atoms with Crippen molar-refractivity contribution in [2.24, 2.45) is 0 Å². The van der Waals surface area contributed by atoms with Gasteiger partial charge >= 0.3 is 12.3 Å². The first-order valence-corrected chi connectivity index (χ1v) is 10.5. The summed E-state index contributed by atoms with van der Waals surface area (Å²) in [5.41, 5.74) is -2.76. The highest BCUT2D eigenvalue weighted by atomic mass is 32.1. The molecule has 0 radical (unpaired) electrons. The fourth-order valence-electron chi connectivity index (χ4n) is 4.18. The third kappa shape index (κ3) is 4.11. The molecule has 3 rings (SSSR count). The summed E-state index contributed by atoms with van der Waals surface area (Å²) in [4.78, 5) is 29.6. The maximum absolute atomic E-state index is 13.4. The summed E-state index contributed by atoms with van der Waals surface area (Å²) in [6.07, 6.45) is -4.08. The van der Waals surface area contributed by atoms with Crippen molar-refractivity contribution in [1.29, 1.82) is 5.26 Å². The van der Waals surface area contributed by atoms with Crippen molar-refractivity contribution in [3.8, 4) is 6.07 Å². The molecule has 2 aliphatic rings. The van der Waals surface area contributed by atoms with Gasteiger partial charge in [0.15, 0.2) is 5.11 Å². The van der Waals surface area contributed by atoms with Gasteiger partial charge in [-0.05, 0) is 64.0 Å². The second-order valence-electron chi connectivity index (χ2n) is 8.11. The fourth-order valence-corrected chi connectivity index (χ4v) is 4.74. The monoisotopic (exact) mass is 468 g/mol. The lowest BCUT2D eigenvalue weighted by Gasteiger charge is -2.41. The van der Waals surface area contributed by atoms with E-state index in [4.69, 9.17) is 22.2 Å². The van der Waals surface area contributed by atoms with Gasteiger partial charge in [0.05, 0.1) is 29.5 Å². The average molecular weight is 469 g/mol. The highest BCUT2D eigenvalue weighted by Crippen LogP contribution is 2.39. The van der Waals surface area contributed by atoms with E-state index in [9.17, 15) is 22.8 Å². The van der Waals surface area contributed by atoms with Crippen molar-refractivity contribution in [2.75, 3.05) is 24.6 Å². The lowest BCUT2D eigenvalue weighted by atomic mass is 9.96. The number of alkyl halides is 3. The van der Waals surface area contributed by atoms with Crippen LogP contribution in [0.5, 0.6) is 0 Å². The first-order chi connectivity index (χ1) is 14.9. The van der Waals surface area contributed by atoms with Crippen molar-refractivity contribution in [1.82, 2.24) is 9.80 Å². The second-order valence-corrected chi connectivity index (χ2v) is 8.47. The third-order valence-electron chi connectivity index (χ3n) is 5.77. The smallest absolute Gasteiger partial charge is 0.417 e. The minimum Gasteiger partial charge on any atom is -0.450 e. The first-order valence-electron chi connectivity index (χ1n) is 10.1. The molecule has 0 aliphatic carbocycles. The summed E-state index contributed by atoms with van der Waals surface area (Å²) in [6.45, 7) is 6.19. The third-order valence-corrected chi connectivity index (χ3v) is 6.15. The zero-order valence-corrected chi connectivity index (χ0v) is 18.7. The van der Waals surface area contributed by atoms with Crippen LogP contribution < -0.4 is 4.90 Å². The number of nitrogens with zero attached hydrogens (tertiary/aromatic N) is 4. The standard InChI is InChI=1S/C21H23F3N4O3S/c1-4-31-19(30)26-9-7-14(8-10-26)28-18(32)27(17(29)20(28,2)3)15-6-5-13(12-25)16(11-15)21(22,23)24/h5-6,11,14H,4,7-10H2,1-3H3. The van der Waals surface area contributed by atoms with Crippen LogP contribution in [0.3, 0.4) is 0 Å². The number of benzene rings is 1. The predicted molar refractivity (Wildman–Crippen MR) is 114 cm³/mol. The predicted octanol–water partition coefficient (Wildman–Crippen LogP) is 3.91. The molecule has 0 spiro atoms. The fraction of sp³-hybridized carbons (Fsp3) is 0.524. The Morgan fingerprint density at radius 1 is 1.31 bits per heavy atom. The summed E-state index contributed by atoms with van der Waals surface area (Å²) in [5.74, 6) is -0.451. The molecule has 1 aromatic carbocycles. The van der Waals surface area contributed by atoms with Crippen molar-refractivity contribution in [3.05, 3.63) is 29.3 Å². The Balaban J connectivity index is 1.88. The number of hydrogen-bond acceptors (Lipinski definition) is 5. The van der Waals surface area contributed by atoms with Crippen molar-refractivity contribution >= 4 is 35.0 Å². The quantitative estimate of drug-likeness (QED) is 0.626. The SMILES string of the molecule is CCOC(=O)N1CCC(N2C(=S)N(c3ccc(C#N)c(C(F)(F)F)c3)C(=O)C2(C)C)CC1. The normalized spacial score (nSPS) is 19.3. The number of piperidine rings is 1. The Morgan fingerprint density at radius 3 is 2.47 bits per heavy atom. The van der Waals surface area contributed by atoms with E-state index in [-0.39, 0.29) is 23.4 Å². The van der Waals surface area contributed by atoms with Crippen LogP contribution in [0.2, 0.25) is 0 Å². The molecule has 2 aliphatic heterocycles. The molecule has 1 aromatic rings. The summed E-state index contributed by atoms with van der Waals surface area (Å²) in [5, 5.41) is 9.13. The van der Waals surface area contributed by atoms with Crippen LogP contribution in [0.4, 0.5) is 23.7 Å². The molecule has 0 unspecified atom stereocenters. The molecule has 2 saturated heterocycles. The summed E-state index contributed by atoms with van der Waals surface area (Å²) in [7, 11) is 0. The van der Waals surface area contributed by atoms with Crippen LogP contribution in [0.1, 0.15) is 44.7 Å². The molecule has 2 amide bonds. The molecular formula is C21H23F3N4O3S. The van der Waals surface area contributed by atoms with Crippen LogP contribution in [0.25, 0.3) is 0 Å². The Kier molecular flexibility index (Phi) is 6.38. The molecule has 0 bridgehead atoms. The molecule has 11 heteroatoms. The molecule has 0 N–H and O–H groups in total. The molecule has 0 atom stereocenters. The number of likely N-dealkylation sites (tertiary alicyclic amines) is 1. The number of rotatable bonds is 3. The van der Waals surface area contributed by atoms with Crippen molar-refractivity contribution in [3.63, 3.8) is 0 Å². The highest BCUT2D eigenvalue weighted by Gasteiger charge is 2.52. The van der Waals surface area contributed by atoms with Crippen LogP contribution in [0, 0.1) is 11.3 Å². The number of carbonyl (C=O) groups excluding carboxylic acids is 2. The van der Waals surface area contributed by atoms with Crippen LogP contribution >= 0.6 is 12.2 Å². The Labute approximate surface area is 189 Å². The molecular weight excluding hydrogens is 445 g/mol. The molecule has 32 heavy (non-hydrogen) atoms. The minimum atomic E-state index is -4.75. The molecule has 172 valence electrons. The number of hydrogen-bond donors (Lipinski definition) is 0. The first kappa shape index (κ1) is 23.8. The van der Waals surface area contributed by atoms with E-state index in [0.717, 1.165) is 17.0 Å². The van der Waals surface area contributed by atoms with Gasteiger partial charge in [0.1, 0.15) is 5.54 Å². The zero-order chi connectivity index (χ0) is 23.8. The van der Waals surface area contributed by atoms with Gasteiger partial charge in [0, 0.05) is 19.1 Å². The minimum absolute atomic E-state index is 0.0362. The molecule has 2 heterocycles. The van der Waals surface area contributed by atoms with Gasteiger partial charge in [0.2, 0.25) is 0 Å². The van der Waals surface area contributed by atoms with Gasteiger partial charge in [-0.1, -0.05) is 0 Å². The number of anilines is 1. The van der Waals surface area contributed by atoms with Crippen LogP contribution in [-0.4, -0.2) is 58.2 Å². The number of thiocarbonyl (C=S) groups is 1. The van der Waals surface area contributed by atoms with Crippen LogP contribution in [0.15, 0.2) is 18.2 Å². The van der Waals surface area contributed by atoms with E-state index in [0.29, 0.717) is 25.9 Å². The Bertz CT molecular complexity index is 981. The number of carbonyl (C=O) groups is 2. The van der Waals surface area contributed by atoms with Crippen molar-refractivity contribution in [2.45, 2.75) is 51.4 Å². The average Bonchev–Trinajstić information content (AvgIpc) is 2.91. The lowest BCUT2D eigenvalue weighted by molar-refractivity contribution is -0.137. The maximum Gasteiger partial charge on any atom is 0.417 e. The molecule has 7 nitrogen and oxygen atoms in total. The second kappa shape index (κ2) is 8.58. The summed E-state index contributed by atoms with van der Waals surface area (Å²) < 4.78 is 45.3. The van der Waals surface area contributed by atoms with Gasteiger partial charge in [-0.15, -0.1) is 0 Å². The number of amides is 2. The maximum atomic E-state index is 13.4. The molecule has 0 saturated carbocycles. The lowest BCUT2D eigenvalue weighted by Crippen LogP contribution is -2.54. The zero-order valence-electron chi connectivity index (χ0n) is 17.9. The largest absolute Gasteiger partial charge is 0.450 e. The van der Waals surface area contributed by atoms with E-state index in [1.807, 2.05) is 0 Å². The summed E-state index contributed by atoms with van der Waals surface area (Å²) in [6, 6.07) is 4.48. The summed E-state index contributed by atoms with van der Waals surface area (Å²) >= 11 is 5.55. The topological polar surface area (TPSA) is 76.9 Å². The van der Waals surface area contributed by atoms with E-state index in [2.05, 4.69) is 0 Å². The van der Waals surface area contributed by atoms with Crippen LogP contribution in [-0.2, 0) is 15.7 Å². The number of halogens is 3.